The fraction of sp³-hybridized carbons (Fsp3) is 0.583. The van der Waals surface area contributed by atoms with Gasteiger partial charge in [0.1, 0.15) is 0 Å². The number of piperazine rings is 1. The lowest BCUT2D eigenvalue weighted by molar-refractivity contribution is -0.380. The SMILES string of the molecule is O=C(O)CCN1CCN(Cc2ccc([N+](=O)[O-])s2)CC1. The summed E-state index contributed by atoms with van der Waals surface area (Å²) in [7, 11) is 0. The molecule has 0 bridgehead atoms. The number of carbonyl (C=O) groups is 1. The van der Waals surface area contributed by atoms with Gasteiger partial charge < -0.3 is 10.0 Å². The van der Waals surface area contributed by atoms with E-state index in [-0.39, 0.29) is 16.3 Å². The van der Waals surface area contributed by atoms with E-state index in [1.807, 2.05) is 0 Å². The molecule has 1 fully saturated rings. The molecule has 1 saturated heterocycles. The van der Waals surface area contributed by atoms with Gasteiger partial charge in [-0.25, -0.2) is 0 Å². The second-order valence-corrected chi connectivity index (χ2v) is 5.91. The average Bonchev–Trinajstić information content (AvgIpc) is 2.86. The summed E-state index contributed by atoms with van der Waals surface area (Å²) in [6.45, 7) is 4.75. The number of hydrogen-bond donors (Lipinski definition) is 1. The molecule has 2 heterocycles. The van der Waals surface area contributed by atoms with Crippen LogP contribution in [0.15, 0.2) is 12.1 Å². The molecule has 1 aromatic rings. The third-order valence-electron chi connectivity index (χ3n) is 3.31. The summed E-state index contributed by atoms with van der Waals surface area (Å²) in [4.78, 5) is 26.2. The van der Waals surface area contributed by atoms with Crippen LogP contribution in [-0.4, -0.2) is 58.5 Å². The highest BCUT2D eigenvalue weighted by Crippen LogP contribution is 2.25. The highest BCUT2D eigenvalue weighted by atomic mass is 32.1. The largest absolute Gasteiger partial charge is 0.481 e. The molecular formula is C12H17N3O4S. The Kier molecular flexibility index (Phi) is 5.05. The number of nitrogens with zero attached hydrogens (tertiary/aromatic N) is 3. The monoisotopic (exact) mass is 299 g/mol. The average molecular weight is 299 g/mol. The van der Waals surface area contributed by atoms with Gasteiger partial charge in [-0.05, 0) is 6.07 Å². The predicted molar refractivity (Wildman–Crippen MR) is 74.9 cm³/mol. The number of carboxylic acids is 1. The van der Waals surface area contributed by atoms with Crippen LogP contribution in [0.25, 0.3) is 0 Å². The minimum Gasteiger partial charge on any atom is -0.481 e. The van der Waals surface area contributed by atoms with Gasteiger partial charge in [-0.2, -0.15) is 0 Å². The molecule has 0 amide bonds. The van der Waals surface area contributed by atoms with Gasteiger partial charge in [-0.15, -0.1) is 0 Å². The second-order valence-electron chi connectivity index (χ2n) is 4.76. The lowest BCUT2D eigenvalue weighted by Gasteiger charge is -2.34. The van der Waals surface area contributed by atoms with Gasteiger partial charge in [0.05, 0.1) is 11.3 Å². The summed E-state index contributed by atoms with van der Waals surface area (Å²) in [5.74, 6) is -0.765. The normalized spacial score (nSPS) is 17.2. The van der Waals surface area contributed by atoms with Gasteiger partial charge in [0.2, 0.25) is 0 Å². The van der Waals surface area contributed by atoms with Crippen molar-refractivity contribution >= 4 is 22.3 Å². The van der Waals surface area contributed by atoms with Crippen molar-refractivity contribution in [1.29, 1.82) is 0 Å². The fourth-order valence-electron chi connectivity index (χ4n) is 2.19. The Morgan fingerprint density at radius 3 is 2.50 bits per heavy atom. The zero-order valence-electron chi connectivity index (χ0n) is 11.0. The molecule has 0 spiro atoms. The van der Waals surface area contributed by atoms with Crippen LogP contribution in [0.5, 0.6) is 0 Å². The number of aliphatic carboxylic acids is 1. The smallest absolute Gasteiger partial charge is 0.324 e. The summed E-state index contributed by atoms with van der Waals surface area (Å²) >= 11 is 1.22. The molecule has 2 rings (SSSR count). The Bertz CT molecular complexity index is 483. The van der Waals surface area contributed by atoms with E-state index < -0.39 is 5.97 Å². The van der Waals surface area contributed by atoms with Crippen molar-refractivity contribution in [3.05, 3.63) is 27.1 Å². The van der Waals surface area contributed by atoms with Crippen molar-refractivity contribution in [2.75, 3.05) is 32.7 Å². The molecule has 7 nitrogen and oxygen atoms in total. The molecule has 0 atom stereocenters. The Labute approximate surface area is 120 Å². The first-order chi connectivity index (χ1) is 9.54. The molecule has 110 valence electrons. The first-order valence-corrected chi connectivity index (χ1v) is 7.26. The van der Waals surface area contributed by atoms with Crippen molar-refractivity contribution < 1.29 is 14.8 Å². The summed E-state index contributed by atoms with van der Waals surface area (Å²) in [5, 5.41) is 19.5. The third kappa shape index (κ3) is 4.26. The van der Waals surface area contributed by atoms with Crippen molar-refractivity contribution in [3.8, 4) is 0 Å². The van der Waals surface area contributed by atoms with Crippen LogP contribution in [0.2, 0.25) is 0 Å². The first-order valence-electron chi connectivity index (χ1n) is 6.44. The highest BCUT2D eigenvalue weighted by molar-refractivity contribution is 7.15. The van der Waals surface area contributed by atoms with Crippen molar-refractivity contribution in [3.63, 3.8) is 0 Å². The Balaban J connectivity index is 1.76. The van der Waals surface area contributed by atoms with Gasteiger partial charge in [0, 0.05) is 50.2 Å². The molecule has 1 aliphatic heterocycles. The summed E-state index contributed by atoms with van der Waals surface area (Å²) in [6, 6.07) is 3.35. The Morgan fingerprint density at radius 2 is 1.95 bits per heavy atom. The van der Waals surface area contributed by atoms with E-state index in [2.05, 4.69) is 9.80 Å². The van der Waals surface area contributed by atoms with Gasteiger partial charge in [0.25, 0.3) is 0 Å². The first kappa shape index (κ1) is 14.9. The highest BCUT2D eigenvalue weighted by Gasteiger charge is 2.19. The maximum absolute atomic E-state index is 10.6. The summed E-state index contributed by atoms with van der Waals surface area (Å²) in [6.07, 6.45) is 0.178. The van der Waals surface area contributed by atoms with Crippen LogP contribution in [0.1, 0.15) is 11.3 Å². The number of hydrogen-bond acceptors (Lipinski definition) is 6. The summed E-state index contributed by atoms with van der Waals surface area (Å²) in [5.41, 5.74) is 0. The van der Waals surface area contributed by atoms with E-state index >= 15 is 0 Å². The van der Waals surface area contributed by atoms with Crippen LogP contribution in [0.3, 0.4) is 0 Å². The Morgan fingerprint density at radius 1 is 1.30 bits per heavy atom. The Hall–Kier alpha value is -1.51. The molecule has 0 radical (unpaired) electrons. The third-order valence-corrected chi connectivity index (χ3v) is 4.34. The van der Waals surface area contributed by atoms with Gasteiger partial charge >= 0.3 is 11.0 Å². The van der Waals surface area contributed by atoms with Gasteiger partial charge in [-0.3, -0.25) is 19.8 Å². The minimum atomic E-state index is -0.765. The van der Waals surface area contributed by atoms with E-state index in [0.717, 1.165) is 37.6 Å². The van der Waals surface area contributed by atoms with Gasteiger partial charge in [0.15, 0.2) is 0 Å². The van der Waals surface area contributed by atoms with Crippen LogP contribution in [0.4, 0.5) is 5.00 Å². The van der Waals surface area contributed by atoms with E-state index in [0.29, 0.717) is 6.54 Å². The molecule has 1 aromatic heterocycles. The molecular weight excluding hydrogens is 282 g/mol. The maximum Gasteiger partial charge on any atom is 0.324 e. The topological polar surface area (TPSA) is 86.9 Å². The maximum atomic E-state index is 10.6. The van der Waals surface area contributed by atoms with E-state index in [9.17, 15) is 14.9 Å². The predicted octanol–water partition coefficient (Wildman–Crippen LogP) is 1.25. The molecule has 1 N–H and O–H groups in total. The number of nitro groups is 1. The standard InChI is InChI=1S/C12H17N3O4S/c16-12(17)3-4-13-5-7-14(8-6-13)9-10-1-2-11(20-10)15(18)19/h1-2H,3-9H2,(H,16,17). The molecule has 0 saturated carbocycles. The van der Waals surface area contributed by atoms with E-state index in [1.165, 1.54) is 11.3 Å². The quantitative estimate of drug-likeness (QED) is 0.628. The summed E-state index contributed by atoms with van der Waals surface area (Å²) < 4.78 is 0. The van der Waals surface area contributed by atoms with Crippen LogP contribution in [-0.2, 0) is 11.3 Å². The minimum absolute atomic E-state index is 0.178. The lowest BCUT2D eigenvalue weighted by Crippen LogP contribution is -2.46. The molecule has 0 unspecified atom stereocenters. The molecule has 1 aliphatic rings. The zero-order chi connectivity index (χ0) is 14.5. The lowest BCUT2D eigenvalue weighted by atomic mass is 10.3. The van der Waals surface area contributed by atoms with E-state index in [4.69, 9.17) is 5.11 Å². The van der Waals surface area contributed by atoms with Crippen LogP contribution in [0, 0.1) is 10.1 Å². The van der Waals surface area contributed by atoms with E-state index in [1.54, 1.807) is 12.1 Å². The molecule has 0 aromatic carbocycles. The van der Waals surface area contributed by atoms with Gasteiger partial charge in [-0.1, -0.05) is 11.3 Å². The van der Waals surface area contributed by atoms with Crippen molar-refractivity contribution in [2.24, 2.45) is 0 Å². The second kappa shape index (κ2) is 6.78. The van der Waals surface area contributed by atoms with Crippen LogP contribution < -0.4 is 0 Å². The fourth-order valence-corrected chi connectivity index (χ4v) is 3.06. The molecule has 8 heteroatoms. The number of thiophene rings is 1. The molecule has 0 aliphatic carbocycles. The number of carboxylic acid groups (broad SMARTS) is 1. The number of rotatable bonds is 6. The zero-order valence-corrected chi connectivity index (χ0v) is 11.8. The van der Waals surface area contributed by atoms with Crippen LogP contribution >= 0.6 is 11.3 Å². The van der Waals surface area contributed by atoms with Crippen molar-refractivity contribution in [1.82, 2.24) is 9.80 Å². The molecule has 20 heavy (non-hydrogen) atoms. The van der Waals surface area contributed by atoms with Crippen molar-refractivity contribution in [2.45, 2.75) is 13.0 Å².